The van der Waals surface area contributed by atoms with E-state index in [1.807, 2.05) is 6.20 Å². The van der Waals surface area contributed by atoms with Crippen LogP contribution in [0.5, 0.6) is 0 Å². The van der Waals surface area contributed by atoms with Crippen LogP contribution < -0.4 is 0 Å². The molecule has 0 fully saturated rings. The van der Waals surface area contributed by atoms with Gasteiger partial charge in [-0.05, 0) is 5.92 Å². The summed E-state index contributed by atoms with van der Waals surface area (Å²) in [5, 5.41) is 16.6. The van der Waals surface area contributed by atoms with E-state index in [1.54, 1.807) is 10.9 Å². The topological polar surface area (TPSA) is 81.2 Å². The zero-order valence-electron chi connectivity index (χ0n) is 9.62. The molecule has 2 aromatic heterocycles. The zero-order chi connectivity index (χ0) is 12.4. The molecule has 0 aliphatic rings. The molecule has 0 aromatic carbocycles. The predicted octanol–water partition coefficient (Wildman–Crippen LogP) is 1.89. The highest BCUT2D eigenvalue weighted by atomic mass is 16.5. The van der Waals surface area contributed by atoms with E-state index in [1.165, 1.54) is 6.07 Å². The van der Waals surface area contributed by atoms with Crippen LogP contribution in [0.15, 0.2) is 23.0 Å². The number of hydrogen-bond donors (Lipinski definition) is 1. The molecule has 17 heavy (non-hydrogen) atoms. The van der Waals surface area contributed by atoms with Crippen molar-refractivity contribution in [2.75, 3.05) is 0 Å². The van der Waals surface area contributed by atoms with Gasteiger partial charge in [-0.1, -0.05) is 19.0 Å². The largest absolute Gasteiger partial charge is 0.475 e. The van der Waals surface area contributed by atoms with Gasteiger partial charge in [0, 0.05) is 24.4 Å². The highest BCUT2D eigenvalue weighted by molar-refractivity contribution is 5.85. The summed E-state index contributed by atoms with van der Waals surface area (Å²) >= 11 is 0. The number of carboxylic acids is 1. The van der Waals surface area contributed by atoms with Gasteiger partial charge in [0.2, 0.25) is 5.76 Å². The van der Waals surface area contributed by atoms with Gasteiger partial charge in [0.1, 0.15) is 5.69 Å². The number of rotatable bonds is 4. The second kappa shape index (κ2) is 4.40. The summed E-state index contributed by atoms with van der Waals surface area (Å²) in [4.78, 5) is 10.6. The lowest BCUT2D eigenvalue weighted by Gasteiger charge is -2.02. The normalized spacial score (nSPS) is 11.0. The first kappa shape index (κ1) is 11.4. The van der Waals surface area contributed by atoms with Crippen LogP contribution in [0.1, 0.15) is 24.4 Å². The second-order valence-electron chi connectivity index (χ2n) is 4.23. The molecule has 0 amide bonds. The molecular weight excluding hydrogens is 222 g/mol. The van der Waals surface area contributed by atoms with Crippen molar-refractivity contribution in [1.29, 1.82) is 0 Å². The molecule has 0 radical (unpaired) electrons. The maximum absolute atomic E-state index is 10.6. The number of nitrogens with zero attached hydrogens (tertiary/aromatic N) is 3. The first-order chi connectivity index (χ1) is 8.06. The lowest BCUT2D eigenvalue weighted by atomic mass is 10.2. The molecule has 2 rings (SSSR count). The van der Waals surface area contributed by atoms with Gasteiger partial charge in [0.25, 0.3) is 0 Å². The molecule has 0 spiro atoms. The Balaban J connectivity index is 2.21. The van der Waals surface area contributed by atoms with Gasteiger partial charge in [-0.15, -0.1) is 0 Å². The van der Waals surface area contributed by atoms with Crippen molar-refractivity contribution in [2.24, 2.45) is 5.92 Å². The minimum atomic E-state index is -1.13. The Morgan fingerprint density at radius 2 is 2.35 bits per heavy atom. The van der Waals surface area contributed by atoms with Crippen molar-refractivity contribution in [3.63, 3.8) is 0 Å². The molecule has 6 heteroatoms. The van der Waals surface area contributed by atoms with Crippen molar-refractivity contribution in [2.45, 2.75) is 20.4 Å². The van der Waals surface area contributed by atoms with E-state index in [0.717, 1.165) is 12.1 Å². The van der Waals surface area contributed by atoms with Crippen LogP contribution in [0, 0.1) is 5.92 Å². The molecule has 0 unspecified atom stereocenters. The monoisotopic (exact) mass is 235 g/mol. The third-order valence-electron chi connectivity index (χ3n) is 2.20. The summed E-state index contributed by atoms with van der Waals surface area (Å²) in [6.07, 6.45) is 3.47. The minimum Gasteiger partial charge on any atom is -0.475 e. The Morgan fingerprint density at radius 3 is 2.94 bits per heavy atom. The van der Waals surface area contributed by atoms with Crippen LogP contribution in [0.25, 0.3) is 11.3 Å². The summed E-state index contributed by atoms with van der Waals surface area (Å²) in [5.74, 6) is -0.801. The first-order valence-corrected chi connectivity index (χ1v) is 5.29. The van der Waals surface area contributed by atoms with E-state index in [9.17, 15) is 4.79 Å². The quantitative estimate of drug-likeness (QED) is 0.875. The van der Waals surface area contributed by atoms with Crippen LogP contribution in [0.3, 0.4) is 0 Å². The smallest absolute Gasteiger partial charge is 0.374 e. The predicted molar refractivity (Wildman–Crippen MR) is 59.5 cm³/mol. The van der Waals surface area contributed by atoms with E-state index in [2.05, 4.69) is 28.6 Å². The number of carbonyl (C=O) groups is 1. The standard InChI is InChI=1S/C11H13N3O3/c1-7(2)5-14-6-8(4-12-14)9-3-10(11(15)16)17-13-9/h3-4,6-7H,5H2,1-2H3,(H,15,16). The maximum Gasteiger partial charge on any atom is 0.374 e. The van der Waals surface area contributed by atoms with Gasteiger partial charge in [-0.2, -0.15) is 5.10 Å². The van der Waals surface area contributed by atoms with E-state index in [0.29, 0.717) is 11.6 Å². The van der Waals surface area contributed by atoms with Gasteiger partial charge in [0.05, 0.1) is 6.20 Å². The van der Waals surface area contributed by atoms with Gasteiger partial charge < -0.3 is 9.63 Å². The highest BCUT2D eigenvalue weighted by Crippen LogP contribution is 2.18. The summed E-state index contributed by atoms with van der Waals surface area (Å²) in [7, 11) is 0. The fourth-order valence-electron chi connectivity index (χ4n) is 1.48. The Labute approximate surface area is 97.8 Å². The molecule has 90 valence electrons. The van der Waals surface area contributed by atoms with Crippen LogP contribution in [-0.2, 0) is 6.54 Å². The Kier molecular flexibility index (Phi) is 2.95. The summed E-state index contributed by atoms with van der Waals surface area (Å²) in [6, 6.07) is 1.39. The Morgan fingerprint density at radius 1 is 1.59 bits per heavy atom. The number of aromatic nitrogens is 3. The third kappa shape index (κ3) is 2.52. The number of aromatic carboxylic acids is 1. The molecule has 0 bridgehead atoms. The van der Waals surface area contributed by atoms with Crippen molar-refractivity contribution in [1.82, 2.24) is 14.9 Å². The lowest BCUT2D eigenvalue weighted by Crippen LogP contribution is -2.03. The molecule has 0 aliphatic carbocycles. The highest BCUT2D eigenvalue weighted by Gasteiger charge is 2.13. The van der Waals surface area contributed by atoms with Gasteiger partial charge in [-0.3, -0.25) is 4.68 Å². The van der Waals surface area contributed by atoms with Crippen molar-refractivity contribution < 1.29 is 14.4 Å². The number of hydrogen-bond acceptors (Lipinski definition) is 4. The molecule has 2 aromatic rings. The summed E-state index contributed by atoms with van der Waals surface area (Å²) in [5.41, 5.74) is 1.24. The number of carboxylic acid groups (broad SMARTS) is 1. The van der Waals surface area contributed by atoms with Crippen molar-refractivity contribution in [3.8, 4) is 11.3 Å². The fraction of sp³-hybridized carbons (Fsp3) is 0.364. The molecule has 0 saturated carbocycles. The summed E-state index contributed by atoms with van der Waals surface area (Å²) < 4.78 is 6.48. The maximum atomic E-state index is 10.6. The van der Waals surface area contributed by atoms with Gasteiger partial charge in [-0.25, -0.2) is 4.79 Å². The zero-order valence-corrected chi connectivity index (χ0v) is 9.62. The third-order valence-corrected chi connectivity index (χ3v) is 2.20. The molecule has 6 nitrogen and oxygen atoms in total. The molecule has 0 atom stereocenters. The van der Waals surface area contributed by atoms with Crippen molar-refractivity contribution >= 4 is 5.97 Å². The average molecular weight is 235 g/mol. The Hall–Kier alpha value is -2.11. The van der Waals surface area contributed by atoms with Crippen LogP contribution in [-0.4, -0.2) is 26.0 Å². The fourth-order valence-corrected chi connectivity index (χ4v) is 1.48. The van der Waals surface area contributed by atoms with Crippen molar-refractivity contribution in [3.05, 3.63) is 24.2 Å². The molecule has 1 N–H and O–H groups in total. The molecule has 2 heterocycles. The molecule has 0 saturated heterocycles. The molecular formula is C11H13N3O3. The Bertz CT molecular complexity index is 528. The summed E-state index contributed by atoms with van der Waals surface area (Å²) in [6.45, 7) is 5.00. The van der Waals surface area contributed by atoms with E-state index in [-0.39, 0.29) is 5.76 Å². The lowest BCUT2D eigenvalue weighted by molar-refractivity contribution is 0.0652. The first-order valence-electron chi connectivity index (χ1n) is 5.29. The van der Waals surface area contributed by atoms with Gasteiger partial charge >= 0.3 is 5.97 Å². The average Bonchev–Trinajstić information content (AvgIpc) is 2.83. The molecule has 0 aliphatic heterocycles. The van der Waals surface area contributed by atoms with Crippen LogP contribution in [0.4, 0.5) is 0 Å². The van der Waals surface area contributed by atoms with Crippen LogP contribution >= 0.6 is 0 Å². The SMILES string of the molecule is CC(C)Cn1cc(-c2cc(C(=O)O)on2)cn1. The van der Waals surface area contributed by atoms with Gasteiger partial charge in [0.15, 0.2) is 0 Å². The van der Waals surface area contributed by atoms with Crippen LogP contribution in [0.2, 0.25) is 0 Å². The van der Waals surface area contributed by atoms with E-state index in [4.69, 9.17) is 5.11 Å². The minimum absolute atomic E-state index is 0.170. The second-order valence-corrected chi connectivity index (χ2v) is 4.23. The van der Waals surface area contributed by atoms with E-state index >= 15 is 0 Å². The van der Waals surface area contributed by atoms with E-state index < -0.39 is 5.97 Å².